The number of piperidine rings is 1. The first-order valence-corrected chi connectivity index (χ1v) is 10.7. The molecule has 0 bridgehead atoms. The van der Waals surface area contributed by atoms with Gasteiger partial charge in [0, 0.05) is 44.8 Å². The second-order valence-electron chi connectivity index (χ2n) is 7.91. The summed E-state index contributed by atoms with van der Waals surface area (Å²) in [5.41, 5.74) is 2.37. The van der Waals surface area contributed by atoms with Gasteiger partial charge in [0.25, 0.3) is 0 Å². The van der Waals surface area contributed by atoms with Gasteiger partial charge in [0.1, 0.15) is 5.75 Å². The minimum Gasteiger partial charge on any atom is -0.493 e. The quantitative estimate of drug-likeness (QED) is 0.316. The summed E-state index contributed by atoms with van der Waals surface area (Å²) in [6.45, 7) is 9.63. The van der Waals surface area contributed by atoms with Crippen LogP contribution in [0.3, 0.4) is 0 Å². The molecule has 29 heavy (non-hydrogen) atoms. The molecule has 2 N–H and O–H groups in total. The molecule has 2 aliphatic heterocycles. The monoisotopic (exact) mass is 516 g/mol. The zero-order chi connectivity index (χ0) is 19.6. The van der Waals surface area contributed by atoms with Gasteiger partial charge >= 0.3 is 0 Å². The lowest BCUT2D eigenvalue weighted by atomic mass is 10.1. The van der Waals surface area contributed by atoms with Crippen LogP contribution < -0.4 is 15.4 Å². The molecule has 2 aliphatic rings. The molecule has 0 aliphatic carbocycles. The fraction of sp³-hybridized carbons (Fsp3) is 0.682. The largest absolute Gasteiger partial charge is 0.493 e. The number of hydrogen-bond donors (Lipinski definition) is 2. The van der Waals surface area contributed by atoms with Crippen LogP contribution >= 0.6 is 24.0 Å². The van der Waals surface area contributed by atoms with Crippen LogP contribution in [0.25, 0.3) is 0 Å². The van der Waals surface area contributed by atoms with Crippen molar-refractivity contribution >= 4 is 29.9 Å². The molecule has 0 saturated carbocycles. The van der Waals surface area contributed by atoms with Crippen LogP contribution in [0, 0.1) is 12.8 Å². The number of nitrogens with zero attached hydrogens (tertiary/aromatic N) is 2. The van der Waals surface area contributed by atoms with E-state index < -0.39 is 0 Å². The minimum atomic E-state index is 0. The first kappa shape index (κ1) is 24.2. The minimum absolute atomic E-state index is 0. The van der Waals surface area contributed by atoms with E-state index in [1.165, 1.54) is 37.9 Å². The molecule has 2 saturated heterocycles. The highest BCUT2D eigenvalue weighted by Gasteiger charge is 2.17. The van der Waals surface area contributed by atoms with Crippen molar-refractivity contribution in [3.8, 4) is 5.75 Å². The van der Waals surface area contributed by atoms with Gasteiger partial charge in [-0.15, -0.1) is 24.0 Å². The number of rotatable bonds is 8. The van der Waals surface area contributed by atoms with Gasteiger partial charge in [-0.1, -0.05) is 18.6 Å². The standard InChI is InChI=1S/C22H36N4O2.HI/c1-18-6-7-20(21(14-18)28-17-19-8-13-27-16-19)15-25-22(23-2)24-9-12-26-10-4-3-5-11-26;/h6-7,14,19H,3-5,8-13,15-17H2,1-2H3,(H2,23,24,25);1H. The van der Waals surface area contributed by atoms with Crippen molar-refractivity contribution in [3.05, 3.63) is 29.3 Å². The van der Waals surface area contributed by atoms with Crippen LogP contribution in [0.5, 0.6) is 5.75 Å². The summed E-state index contributed by atoms with van der Waals surface area (Å²) < 4.78 is 11.6. The fourth-order valence-corrected chi connectivity index (χ4v) is 3.78. The summed E-state index contributed by atoms with van der Waals surface area (Å²) in [6, 6.07) is 6.40. The highest BCUT2D eigenvalue weighted by Crippen LogP contribution is 2.22. The normalized spacial score (nSPS) is 20.2. The van der Waals surface area contributed by atoms with Crippen molar-refractivity contribution in [2.75, 3.05) is 53.0 Å². The third-order valence-electron chi connectivity index (χ3n) is 5.56. The first-order chi connectivity index (χ1) is 13.7. The Morgan fingerprint density at radius 1 is 1.24 bits per heavy atom. The first-order valence-electron chi connectivity index (χ1n) is 10.7. The van der Waals surface area contributed by atoms with Gasteiger partial charge in [-0.25, -0.2) is 0 Å². The summed E-state index contributed by atoms with van der Waals surface area (Å²) >= 11 is 0. The van der Waals surface area contributed by atoms with E-state index in [9.17, 15) is 0 Å². The maximum Gasteiger partial charge on any atom is 0.191 e. The summed E-state index contributed by atoms with van der Waals surface area (Å²) in [7, 11) is 1.82. The molecule has 7 heteroatoms. The van der Waals surface area contributed by atoms with Gasteiger partial charge in [0.05, 0.1) is 13.2 Å². The maximum absolute atomic E-state index is 6.14. The number of aryl methyl sites for hydroxylation is 1. The van der Waals surface area contributed by atoms with Gasteiger partial charge in [-0.05, 0) is 50.9 Å². The van der Waals surface area contributed by atoms with Crippen molar-refractivity contribution in [2.24, 2.45) is 10.9 Å². The third-order valence-corrected chi connectivity index (χ3v) is 5.56. The molecular weight excluding hydrogens is 479 g/mol. The fourth-order valence-electron chi connectivity index (χ4n) is 3.78. The number of halogens is 1. The molecule has 2 fully saturated rings. The molecule has 1 atom stereocenters. The Kier molecular flexibility index (Phi) is 11.1. The molecule has 1 aromatic rings. The Hall–Kier alpha value is -1.06. The average molecular weight is 516 g/mol. The van der Waals surface area contributed by atoms with E-state index >= 15 is 0 Å². The number of likely N-dealkylation sites (tertiary alicyclic amines) is 1. The van der Waals surface area contributed by atoms with Gasteiger partial charge in [-0.2, -0.15) is 0 Å². The lowest BCUT2D eigenvalue weighted by Crippen LogP contribution is -2.42. The van der Waals surface area contributed by atoms with Gasteiger partial charge < -0.3 is 25.0 Å². The molecule has 3 rings (SSSR count). The van der Waals surface area contributed by atoms with E-state index in [1.54, 1.807) is 0 Å². The molecule has 1 unspecified atom stereocenters. The smallest absolute Gasteiger partial charge is 0.191 e. The van der Waals surface area contributed by atoms with Crippen LogP contribution in [0.15, 0.2) is 23.2 Å². The average Bonchev–Trinajstić information content (AvgIpc) is 3.24. The molecule has 0 spiro atoms. The Morgan fingerprint density at radius 2 is 2.07 bits per heavy atom. The van der Waals surface area contributed by atoms with E-state index in [-0.39, 0.29) is 24.0 Å². The summed E-state index contributed by atoms with van der Waals surface area (Å²) in [5.74, 6) is 2.31. The predicted octanol–water partition coefficient (Wildman–Crippen LogP) is 3.18. The number of aliphatic imine (C=N–C) groups is 1. The van der Waals surface area contributed by atoms with Crippen molar-refractivity contribution in [2.45, 2.75) is 39.2 Å². The van der Waals surface area contributed by atoms with Gasteiger partial charge in [0.2, 0.25) is 0 Å². The van der Waals surface area contributed by atoms with E-state index in [2.05, 4.69) is 45.6 Å². The summed E-state index contributed by atoms with van der Waals surface area (Å²) in [5, 5.41) is 6.86. The zero-order valence-corrected chi connectivity index (χ0v) is 20.2. The number of ether oxygens (including phenoxy) is 2. The second-order valence-corrected chi connectivity index (χ2v) is 7.91. The summed E-state index contributed by atoms with van der Waals surface area (Å²) in [6.07, 6.45) is 5.13. The van der Waals surface area contributed by atoms with Gasteiger partial charge in [0.15, 0.2) is 5.96 Å². The molecule has 6 nitrogen and oxygen atoms in total. The molecule has 164 valence electrons. The van der Waals surface area contributed by atoms with Crippen molar-refractivity contribution in [3.63, 3.8) is 0 Å². The van der Waals surface area contributed by atoms with E-state index in [4.69, 9.17) is 9.47 Å². The molecule has 0 aromatic heterocycles. The van der Waals surface area contributed by atoms with E-state index in [0.29, 0.717) is 12.5 Å². The topological polar surface area (TPSA) is 58.1 Å². The zero-order valence-electron chi connectivity index (χ0n) is 17.9. The lowest BCUT2D eigenvalue weighted by Gasteiger charge is -2.26. The molecule has 0 radical (unpaired) electrons. The summed E-state index contributed by atoms with van der Waals surface area (Å²) in [4.78, 5) is 6.89. The maximum atomic E-state index is 6.14. The van der Waals surface area contributed by atoms with Crippen LogP contribution in [0.4, 0.5) is 0 Å². The van der Waals surface area contributed by atoms with Crippen LogP contribution in [0.2, 0.25) is 0 Å². The molecular formula is C22H37IN4O2. The van der Waals surface area contributed by atoms with Crippen molar-refractivity contribution in [1.29, 1.82) is 0 Å². The molecule has 0 amide bonds. The molecule has 2 heterocycles. The highest BCUT2D eigenvalue weighted by atomic mass is 127. The number of guanidine groups is 1. The van der Waals surface area contributed by atoms with Crippen molar-refractivity contribution < 1.29 is 9.47 Å². The Morgan fingerprint density at radius 3 is 2.79 bits per heavy atom. The van der Waals surface area contributed by atoms with Crippen molar-refractivity contribution in [1.82, 2.24) is 15.5 Å². The third kappa shape index (κ3) is 8.30. The number of nitrogens with one attached hydrogen (secondary N) is 2. The van der Waals surface area contributed by atoms with Crippen LogP contribution in [-0.2, 0) is 11.3 Å². The Balaban J connectivity index is 0.00000300. The number of benzene rings is 1. The second kappa shape index (κ2) is 13.3. The number of hydrogen-bond acceptors (Lipinski definition) is 4. The van der Waals surface area contributed by atoms with E-state index in [1.807, 2.05) is 7.05 Å². The predicted molar refractivity (Wildman–Crippen MR) is 130 cm³/mol. The van der Waals surface area contributed by atoms with Crippen LogP contribution in [0.1, 0.15) is 36.8 Å². The SMILES string of the molecule is CN=C(NCCN1CCCCC1)NCc1ccc(C)cc1OCC1CCOC1.I. The lowest BCUT2D eigenvalue weighted by molar-refractivity contribution is 0.166. The van der Waals surface area contributed by atoms with Crippen LogP contribution in [-0.4, -0.2) is 63.9 Å². The highest BCUT2D eigenvalue weighted by molar-refractivity contribution is 14.0. The molecule has 1 aromatic carbocycles. The van der Waals surface area contributed by atoms with Gasteiger partial charge in [-0.3, -0.25) is 4.99 Å². The Bertz CT molecular complexity index is 629. The van der Waals surface area contributed by atoms with E-state index in [0.717, 1.165) is 56.6 Å². The Labute approximate surface area is 192 Å².